The third-order valence-electron chi connectivity index (χ3n) is 4.95. The lowest BCUT2D eigenvalue weighted by Gasteiger charge is -2.21. The lowest BCUT2D eigenvalue weighted by atomic mass is 10.1. The average molecular weight is 469 g/mol. The van der Waals surface area contributed by atoms with Crippen molar-refractivity contribution in [2.24, 2.45) is 5.92 Å². The number of rotatable bonds is 7. The van der Waals surface area contributed by atoms with Gasteiger partial charge in [-0.2, -0.15) is 0 Å². The number of amides is 4. The number of carbonyl (C=O) groups is 5. The largest absolute Gasteiger partial charge is 0.481 e. The second kappa shape index (κ2) is 10.9. The van der Waals surface area contributed by atoms with Crippen molar-refractivity contribution in [1.29, 1.82) is 0 Å². The van der Waals surface area contributed by atoms with Crippen LogP contribution < -0.4 is 10.3 Å². The second-order valence-electron chi connectivity index (χ2n) is 7.30. The smallest absolute Gasteiger partial charge is 0.429 e. The number of ether oxygens (including phenoxy) is 2. The van der Waals surface area contributed by atoms with E-state index in [9.17, 15) is 24.0 Å². The average Bonchev–Trinajstić information content (AvgIpc) is 3.14. The molecule has 2 N–H and O–H groups in total. The molecule has 0 radical (unpaired) electrons. The third kappa shape index (κ3) is 5.88. The fraction of sp³-hybridized carbons (Fsp3) is 0.261. The zero-order valence-electron chi connectivity index (χ0n) is 18.3. The molecule has 1 aliphatic rings. The summed E-state index contributed by atoms with van der Waals surface area (Å²) in [5.41, 5.74) is 3.71. The molecular formula is C23H23N3O8. The highest BCUT2D eigenvalue weighted by molar-refractivity contribution is 6.25. The molecule has 2 aromatic rings. The monoisotopic (exact) mass is 469 g/mol. The van der Waals surface area contributed by atoms with Crippen molar-refractivity contribution < 1.29 is 38.6 Å². The third-order valence-corrected chi connectivity index (χ3v) is 4.95. The second-order valence-corrected chi connectivity index (χ2v) is 7.30. The van der Waals surface area contributed by atoms with E-state index in [1.807, 2.05) is 18.2 Å². The topological polar surface area (TPSA) is 143 Å². The van der Waals surface area contributed by atoms with Crippen molar-refractivity contribution >= 4 is 35.7 Å². The summed E-state index contributed by atoms with van der Waals surface area (Å²) in [7, 11) is 0. The van der Waals surface area contributed by atoms with Gasteiger partial charge >= 0.3 is 18.2 Å². The fourth-order valence-electron chi connectivity index (χ4n) is 3.22. The van der Waals surface area contributed by atoms with Crippen LogP contribution >= 0.6 is 0 Å². The SMILES string of the molecule is CCN(NC(=O)OCc1cccc(N2C(=O)CC(C(=O)O)C2=O)c1)C(=O)OCc1ccccc1. The number of carboxylic acids is 1. The van der Waals surface area contributed by atoms with E-state index in [1.54, 1.807) is 31.2 Å². The van der Waals surface area contributed by atoms with Gasteiger partial charge in [0.2, 0.25) is 11.8 Å². The van der Waals surface area contributed by atoms with Gasteiger partial charge in [-0.05, 0) is 30.2 Å². The number of nitrogens with one attached hydrogen (secondary N) is 1. The van der Waals surface area contributed by atoms with Crippen LogP contribution in [0.25, 0.3) is 0 Å². The number of benzene rings is 2. The normalized spacial score (nSPS) is 15.1. The number of carbonyl (C=O) groups excluding carboxylic acids is 4. The van der Waals surface area contributed by atoms with E-state index in [1.165, 1.54) is 12.1 Å². The molecule has 2 aromatic carbocycles. The predicted molar refractivity (Wildman–Crippen MR) is 117 cm³/mol. The van der Waals surface area contributed by atoms with Crippen molar-refractivity contribution in [3.05, 3.63) is 65.7 Å². The van der Waals surface area contributed by atoms with Crippen molar-refractivity contribution in [3.8, 4) is 0 Å². The number of hydrazine groups is 1. The maximum absolute atomic E-state index is 12.3. The zero-order chi connectivity index (χ0) is 24.7. The summed E-state index contributed by atoms with van der Waals surface area (Å²) in [6.07, 6.45) is -2.09. The predicted octanol–water partition coefficient (Wildman–Crippen LogP) is 2.45. The Hall–Kier alpha value is -4.41. The number of imide groups is 1. The Bertz CT molecular complexity index is 1090. The summed E-state index contributed by atoms with van der Waals surface area (Å²) in [6, 6.07) is 15.1. The van der Waals surface area contributed by atoms with Gasteiger partial charge in [0, 0.05) is 13.0 Å². The number of nitrogens with zero attached hydrogens (tertiary/aromatic N) is 2. The Morgan fingerprint density at radius 1 is 1.03 bits per heavy atom. The first-order chi connectivity index (χ1) is 16.3. The van der Waals surface area contributed by atoms with E-state index in [0.29, 0.717) is 5.56 Å². The van der Waals surface area contributed by atoms with Gasteiger partial charge in [0.1, 0.15) is 19.1 Å². The zero-order valence-corrected chi connectivity index (χ0v) is 18.3. The molecule has 1 aliphatic heterocycles. The maximum atomic E-state index is 12.3. The van der Waals surface area contributed by atoms with Gasteiger partial charge in [-0.25, -0.2) is 24.9 Å². The molecule has 0 saturated carbocycles. The highest BCUT2D eigenvalue weighted by atomic mass is 16.6. The summed E-state index contributed by atoms with van der Waals surface area (Å²) in [4.78, 5) is 60.7. The molecule has 3 rings (SSSR count). The minimum absolute atomic E-state index is 0.0381. The lowest BCUT2D eigenvalue weighted by Crippen LogP contribution is -2.46. The van der Waals surface area contributed by atoms with Crippen LogP contribution in [0.15, 0.2) is 54.6 Å². The molecule has 0 spiro atoms. The van der Waals surface area contributed by atoms with Crippen molar-refractivity contribution in [3.63, 3.8) is 0 Å². The van der Waals surface area contributed by atoms with Crippen LogP contribution in [0.3, 0.4) is 0 Å². The van der Waals surface area contributed by atoms with E-state index in [0.717, 1.165) is 15.5 Å². The number of hydrogen-bond acceptors (Lipinski definition) is 7. The van der Waals surface area contributed by atoms with E-state index < -0.39 is 42.3 Å². The van der Waals surface area contributed by atoms with Crippen LogP contribution in [0.5, 0.6) is 0 Å². The lowest BCUT2D eigenvalue weighted by molar-refractivity contribution is -0.145. The Kier molecular flexibility index (Phi) is 7.80. The van der Waals surface area contributed by atoms with Crippen LogP contribution in [0.4, 0.5) is 15.3 Å². The van der Waals surface area contributed by atoms with Gasteiger partial charge < -0.3 is 14.6 Å². The molecule has 1 fully saturated rings. The van der Waals surface area contributed by atoms with Crippen molar-refractivity contribution in [2.75, 3.05) is 11.4 Å². The molecule has 1 unspecified atom stereocenters. The van der Waals surface area contributed by atoms with E-state index >= 15 is 0 Å². The summed E-state index contributed by atoms with van der Waals surface area (Å²) in [6.45, 7) is 1.58. The van der Waals surface area contributed by atoms with Gasteiger partial charge in [-0.15, -0.1) is 0 Å². The Morgan fingerprint density at radius 3 is 2.35 bits per heavy atom. The Labute approximate surface area is 194 Å². The number of aliphatic carboxylic acids is 1. The highest BCUT2D eigenvalue weighted by Gasteiger charge is 2.43. The number of carboxylic acid groups (broad SMARTS) is 1. The van der Waals surface area contributed by atoms with Gasteiger partial charge in [0.25, 0.3) is 0 Å². The van der Waals surface area contributed by atoms with Crippen LogP contribution in [-0.2, 0) is 37.1 Å². The molecule has 0 aliphatic carbocycles. The standard InChI is InChI=1S/C23H23N3O8/c1-2-25(23(32)34-13-15-7-4-3-5-8-15)24-22(31)33-14-16-9-6-10-17(11-16)26-19(27)12-18(20(26)28)21(29)30/h3-11,18H,2,12-14H2,1H3,(H,24,31)(H,29,30). The molecule has 4 amide bonds. The van der Waals surface area contributed by atoms with Gasteiger partial charge in [0.05, 0.1) is 5.69 Å². The molecule has 1 atom stereocenters. The minimum Gasteiger partial charge on any atom is -0.481 e. The van der Waals surface area contributed by atoms with E-state index in [2.05, 4.69) is 5.43 Å². The first kappa shape index (κ1) is 24.2. The van der Waals surface area contributed by atoms with Crippen LogP contribution in [0.1, 0.15) is 24.5 Å². The Morgan fingerprint density at radius 2 is 1.71 bits per heavy atom. The Balaban J connectivity index is 1.54. The molecule has 0 bridgehead atoms. The van der Waals surface area contributed by atoms with Crippen molar-refractivity contribution in [2.45, 2.75) is 26.6 Å². The summed E-state index contributed by atoms with van der Waals surface area (Å²) >= 11 is 0. The molecule has 1 saturated heterocycles. The summed E-state index contributed by atoms with van der Waals surface area (Å²) in [5, 5.41) is 10.0. The molecule has 1 heterocycles. The molecular weight excluding hydrogens is 446 g/mol. The van der Waals surface area contributed by atoms with E-state index in [4.69, 9.17) is 14.6 Å². The first-order valence-electron chi connectivity index (χ1n) is 10.4. The van der Waals surface area contributed by atoms with Crippen LogP contribution in [0.2, 0.25) is 0 Å². The molecule has 11 nitrogen and oxygen atoms in total. The molecule has 34 heavy (non-hydrogen) atoms. The molecule has 11 heteroatoms. The van der Waals surface area contributed by atoms with E-state index in [-0.39, 0.29) is 25.4 Å². The first-order valence-corrected chi connectivity index (χ1v) is 10.4. The van der Waals surface area contributed by atoms with Crippen molar-refractivity contribution in [1.82, 2.24) is 10.4 Å². The summed E-state index contributed by atoms with van der Waals surface area (Å²) in [5.74, 6) is -4.22. The number of hydrogen-bond donors (Lipinski definition) is 2. The van der Waals surface area contributed by atoms with Gasteiger partial charge in [-0.3, -0.25) is 14.4 Å². The van der Waals surface area contributed by atoms with Gasteiger partial charge in [-0.1, -0.05) is 42.5 Å². The molecule has 178 valence electrons. The minimum atomic E-state index is -1.42. The van der Waals surface area contributed by atoms with Crippen LogP contribution in [-0.4, -0.2) is 46.6 Å². The maximum Gasteiger partial charge on any atom is 0.429 e. The van der Waals surface area contributed by atoms with Crippen LogP contribution in [0, 0.1) is 5.92 Å². The highest BCUT2D eigenvalue weighted by Crippen LogP contribution is 2.27. The summed E-state index contributed by atoms with van der Waals surface area (Å²) < 4.78 is 10.3. The quantitative estimate of drug-likeness (QED) is 0.358. The van der Waals surface area contributed by atoms with Gasteiger partial charge in [0.15, 0.2) is 0 Å². The fourth-order valence-corrected chi connectivity index (χ4v) is 3.22. The number of anilines is 1. The molecule has 0 aromatic heterocycles.